The summed E-state index contributed by atoms with van der Waals surface area (Å²) in [7, 11) is 0. The van der Waals surface area contributed by atoms with Crippen molar-refractivity contribution >= 4 is 22.4 Å². The van der Waals surface area contributed by atoms with Gasteiger partial charge in [0.1, 0.15) is 4.88 Å². The van der Waals surface area contributed by atoms with Gasteiger partial charge in [-0.1, -0.05) is 55.5 Å². The van der Waals surface area contributed by atoms with Crippen molar-refractivity contribution < 1.29 is 4.79 Å². The van der Waals surface area contributed by atoms with Gasteiger partial charge in [-0.15, -0.1) is 0 Å². The van der Waals surface area contributed by atoms with E-state index in [0.29, 0.717) is 10.0 Å². The van der Waals surface area contributed by atoms with Gasteiger partial charge < -0.3 is 11.1 Å². The van der Waals surface area contributed by atoms with E-state index < -0.39 is 0 Å². The molecule has 5 heteroatoms. The number of nitrogens with two attached hydrogens (primary N) is 1. The van der Waals surface area contributed by atoms with Gasteiger partial charge in [0.05, 0.1) is 6.20 Å². The summed E-state index contributed by atoms with van der Waals surface area (Å²) in [6.07, 6.45) is 2.38. The molecule has 1 atom stereocenters. The zero-order chi connectivity index (χ0) is 15.5. The molecule has 0 saturated carbocycles. The fourth-order valence-corrected chi connectivity index (χ4v) is 3.10. The Bertz CT molecular complexity index is 607. The van der Waals surface area contributed by atoms with Crippen LogP contribution < -0.4 is 11.1 Å². The van der Waals surface area contributed by atoms with Crippen molar-refractivity contribution in [1.29, 1.82) is 0 Å². The molecule has 1 aromatic heterocycles. The molecule has 2 rings (SSSR count). The van der Waals surface area contributed by atoms with Gasteiger partial charge in [-0.2, -0.15) is 0 Å². The van der Waals surface area contributed by atoms with Crippen LogP contribution in [0.4, 0.5) is 5.13 Å². The largest absolute Gasteiger partial charge is 0.375 e. The Balaban J connectivity index is 1.98. The Morgan fingerprint density at radius 1 is 1.38 bits per heavy atom. The van der Waals surface area contributed by atoms with E-state index in [2.05, 4.69) is 36.3 Å². The second-order valence-electron chi connectivity index (χ2n) is 5.89. The van der Waals surface area contributed by atoms with Gasteiger partial charge >= 0.3 is 0 Å². The maximum absolute atomic E-state index is 12.1. The molecule has 0 unspecified atom stereocenters. The topological polar surface area (TPSA) is 68.0 Å². The van der Waals surface area contributed by atoms with Crippen LogP contribution in [0.1, 0.15) is 42.4 Å². The SMILES string of the molecule is C[C@@H](CC(C)(C)c1ccccc1)NC(=O)c1cnc(N)s1. The smallest absolute Gasteiger partial charge is 0.263 e. The predicted molar refractivity (Wildman–Crippen MR) is 87.5 cm³/mol. The van der Waals surface area contributed by atoms with Gasteiger partial charge in [-0.25, -0.2) is 4.98 Å². The number of nitrogens with one attached hydrogen (secondary N) is 1. The van der Waals surface area contributed by atoms with Crippen molar-refractivity contribution in [1.82, 2.24) is 10.3 Å². The molecule has 1 aromatic carbocycles. The maximum atomic E-state index is 12.1. The molecule has 3 N–H and O–H groups in total. The number of carbonyl (C=O) groups excluding carboxylic acids is 1. The molecule has 0 bridgehead atoms. The maximum Gasteiger partial charge on any atom is 0.263 e. The van der Waals surface area contributed by atoms with Gasteiger partial charge in [0.2, 0.25) is 0 Å². The van der Waals surface area contributed by atoms with Crippen LogP contribution in [0.2, 0.25) is 0 Å². The Morgan fingerprint density at radius 2 is 2.05 bits per heavy atom. The average Bonchev–Trinajstić information content (AvgIpc) is 2.86. The van der Waals surface area contributed by atoms with Crippen molar-refractivity contribution in [3.63, 3.8) is 0 Å². The molecule has 1 heterocycles. The minimum Gasteiger partial charge on any atom is -0.375 e. The van der Waals surface area contributed by atoms with E-state index in [4.69, 9.17) is 5.73 Å². The highest BCUT2D eigenvalue weighted by molar-refractivity contribution is 7.17. The van der Waals surface area contributed by atoms with E-state index in [-0.39, 0.29) is 17.4 Å². The molecule has 1 amide bonds. The molecule has 0 aliphatic carbocycles. The first kappa shape index (κ1) is 15.5. The standard InChI is InChI=1S/C16H21N3OS/c1-11(19-14(20)13-10-18-15(17)21-13)9-16(2,3)12-7-5-4-6-8-12/h4-8,10-11H,9H2,1-3H3,(H2,17,18)(H,19,20)/t11-/m0/s1. The number of hydrogen-bond donors (Lipinski definition) is 2. The van der Waals surface area contributed by atoms with Gasteiger partial charge in [-0.3, -0.25) is 4.79 Å². The Labute approximate surface area is 129 Å². The highest BCUT2D eigenvalue weighted by Gasteiger charge is 2.24. The van der Waals surface area contributed by atoms with E-state index in [9.17, 15) is 4.79 Å². The molecule has 0 spiro atoms. The summed E-state index contributed by atoms with van der Waals surface area (Å²) in [4.78, 5) is 16.5. The second kappa shape index (κ2) is 6.26. The number of amides is 1. The van der Waals surface area contributed by atoms with E-state index >= 15 is 0 Å². The van der Waals surface area contributed by atoms with Crippen LogP contribution in [0.15, 0.2) is 36.5 Å². The lowest BCUT2D eigenvalue weighted by molar-refractivity contribution is 0.0938. The summed E-state index contributed by atoms with van der Waals surface area (Å²) in [6.45, 7) is 6.40. The minimum absolute atomic E-state index is 0.000679. The summed E-state index contributed by atoms with van der Waals surface area (Å²) < 4.78 is 0. The number of hydrogen-bond acceptors (Lipinski definition) is 4. The normalized spacial score (nSPS) is 12.9. The fraction of sp³-hybridized carbons (Fsp3) is 0.375. The second-order valence-corrected chi connectivity index (χ2v) is 6.95. The first-order valence-corrected chi connectivity index (χ1v) is 7.78. The molecule has 0 fully saturated rings. The van der Waals surface area contributed by atoms with Crippen molar-refractivity contribution in [2.45, 2.75) is 38.6 Å². The Kier molecular flexibility index (Phi) is 4.63. The first-order chi connectivity index (χ1) is 9.88. The third-order valence-corrected chi connectivity index (χ3v) is 4.32. The summed E-state index contributed by atoms with van der Waals surface area (Å²) >= 11 is 1.21. The number of anilines is 1. The molecule has 2 aromatic rings. The lowest BCUT2D eigenvalue weighted by Crippen LogP contribution is -2.36. The first-order valence-electron chi connectivity index (χ1n) is 6.96. The summed E-state index contributed by atoms with van der Waals surface area (Å²) in [5.74, 6) is -0.111. The highest BCUT2D eigenvalue weighted by Crippen LogP contribution is 2.28. The zero-order valence-corrected chi connectivity index (χ0v) is 13.4. The van der Waals surface area contributed by atoms with Gasteiger partial charge in [0.15, 0.2) is 5.13 Å². The van der Waals surface area contributed by atoms with Crippen molar-refractivity contribution in [3.05, 3.63) is 47.0 Å². The van der Waals surface area contributed by atoms with Gasteiger partial charge in [0.25, 0.3) is 5.91 Å². The third-order valence-electron chi connectivity index (χ3n) is 3.50. The molecule has 112 valence electrons. The van der Waals surface area contributed by atoms with Crippen LogP contribution in [0.5, 0.6) is 0 Å². The number of nitrogen functional groups attached to an aromatic ring is 1. The molecule has 4 nitrogen and oxygen atoms in total. The lowest BCUT2D eigenvalue weighted by Gasteiger charge is -2.29. The number of nitrogens with zero attached hydrogens (tertiary/aromatic N) is 1. The van der Waals surface area contributed by atoms with Gasteiger partial charge in [0, 0.05) is 6.04 Å². The molecular formula is C16H21N3OS. The summed E-state index contributed by atoms with van der Waals surface area (Å²) in [5, 5.41) is 3.43. The molecule has 0 saturated heterocycles. The lowest BCUT2D eigenvalue weighted by atomic mass is 9.79. The zero-order valence-electron chi connectivity index (χ0n) is 12.6. The number of carbonyl (C=O) groups is 1. The van der Waals surface area contributed by atoms with E-state index in [1.807, 2.05) is 25.1 Å². The summed E-state index contributed by atoms with van der Waals surface area (Å²) in [5.41, 5.74) is 6.82. The molecular weight excluding hydrogens is 282 g/mol. The van der Waals surface area contributed by atoms with E-state index in [0.717, 1.165) is 6.42 Å². The van der Waals surface area contributed by atoms with E-state index in [1.165, 1.54) is 23.1 Å². The van der Waals surface area contributed by atoms with Crippen LogP contribution in [-0.2, 0) is 5.41 Å². The monoisotopic (exact) mass is 303 g/mol. The number of rotatable bonds is 5. The predicted octanol–water partition coefficient (Wildman–Crippen LogP) is 3.21. The molecule has 0 radical (unpaired) electrons. The number of thiazole rings is 1. The number of aromatic nitrogens is 1. The highest BCUT2D eigenvalue weighted by atomic mass is 32.1. The fourth-order valence-electron chi connectivity index (χ4n) is 2.51. The van der Waals surface area contributed by atoms with Crippen molar-refractivity contribution in [2.24, 2.45) is 0 Å². The Morgan fingerprint density at radius 3 is 2.62 bits per heavy atom. The van der Waals surface area contributed by atoms with E-state index in [1.54, 1.807) is 0 Å². The number of benzene rings is 1. The summed E-state index contributed by atoms with van der Waals surface area (Å²) in [6, 6.07) is 10.4. The van der Waals surface area contributed by atoms with Gasteiger partial charge in [-0.05, 0) is 24.3 Å². The van der Waals surface area contributed by atoms with Crippen molar-refractivity contribution in [3.8, 4) is 0 Å². The third kappa shape index (κ3) is 4.04. The molecule has 0 aliphatic heterocycles. The van der Waals surface area contributed by atoms with Crippen molar-refractivity contribution in [2.75, 3.05) is 5.73 Å². The molecule has 21 heavy (non-hydrogen) atoms. The van der Waals surface area contributed by atoms with Crippen LogP contribution in [0, 0.1) is 0 Å². The van der Waals surface area contributed by atoms with Crippen LogP contribution >= 0.6 is 11.3 Å². The van der Waals surface area contributed by atoms with Crippen LogP contribution in [-0.4, -0.2) is 16.9 Å². The minimum atomic E-state index is -0.111. The van der Waals surface area contributed by atoms with Crippen LogP contribution in [0.25, 0.3) is 0 Å². The Hall–Kier alpha value is -1.88. The molecule has 0 aliphatic rings. The average molecular weight is 303 g/mol. The van der Waals surface area contributed by atoms with Crippen LogP contribution in [0.3, 0.4) is 0 Å². The quantitative estimate of drug-likeness (QED) is 0.891.